The first-order valence-corrected chi connectivity index (χ1v) is 7.88. The number of benzene rings is 1. The van der Waals surface area contributed by atoms with E-state index in [-0.39, 0.29) is 17.2 Å². The number of imidazole rings is 1. The molecule has 3 rings (SSSR count). The smallest absolute Gasteiger partial charge is 0.254 e. The Labute approximate surface area is 135 Å². The van der Waals surface area contributed by atoms with Crippen molar-refractivity contribution < 1.29 is 9.59 Å². The van der Waals surface area contributed by atoms with E-state index in [0.717, 1.165) is 11.0 Å². The lowest BCUT2D eigenvalue weighted by molar-refractivity contribution is -0.140. The average Bonchev–Trinajstić information content (AvgIpc) is 3.00. The van der Waals surface area contributed by atoms with Crippen LogP contribution in [0.4, 0.5) is 0 Å². The highest BCUT2D eigenvalue weighted by Crippen LogP contribution is 2.20. The Morgan fingerprint density at radius 1 is 1.09 bits per heavy atom. The van der Waals surface area contributed by atoms with Crippen LogP contribution in [-0.2, 0) is 4.79 Å². The highest BCUT2D eigenvalue weighted by molar-refractivity contribution is 5.97. The standard InChI is InChI=1S/C17H22N4O2/c1-17(2,3)16(23)21-8-6-20(7-9-21)15(22)12-4-5-13-14(10-12)19-11-18-13/h4-5,10-11H,6-9H2,1-3H3,(H,18,19). The molecule has 1 aliphatic rings. The zero-order chi connectivity index (χ0) is 16.6. The molecule has 0 unspecified atom stereocenters. The van der Waals surface area contributed by atoms with Gasteiger partial charge in [0.05, 0.1) is 17.4 Å². The SMILES string of the molecule is CC(C)(C)C(=O)N1CCN(C(=O)c2ccc3nc[nH]c3c2)CC1. The lowest BCUT2D eigenvalue weighted by atomic mass is 9.94. The highest BCUT2D eigenvalue weighted by Gasteiger charge is 2.31. The van der Waals surface area contributed by atoms with Gasteiger partial charge in [-0.3, -0.25) is 9.59 Å². The molecule has 0 spiro atoms. The normalized spacial score (nSPS) is 16.0. The number of hydrogen-bond donors (Lipinski definition) is 1. The maximum Gasteiger partial charge on any atom is 0.254 e. The number of H-pyrrole nitrogens is 1. The topological polar surface area (TPSA) is 69.3 Å². The number of carbonyl (C=O) groups excluding carboxylic acids is 2. The van der Waals surface area contributed by atoms with Crippen LogP contribution in [0.2, 0.25) is 0 Å². The second kappa shape index (κ2) is 5.68. The number of nitrogens with zero attached hydrogens (tertiary/aromatic N) is 3. The van der Waals surface area contributed by atoms with Gasteiger partial charge in [0.2, 0.25) is 5.91 Å². The predicted molar refractivity (Wildman–Crippen MR) is 88.0 cm³/mol. The van der Waals surface area contributed by atoms with Gasteiger partial charge >= 0.3 is 0 Å². The van der Waals surface area contributed by atoms with Gasteiger partial charge in [-0.15, -0.1) is 0 Å². The van der Waals surface area contributed by atoms with E-state index < -0.39 is 0 Å². The number of aromatic amines is 1. The molecular formula is C17H22N4O2. The number of amides is 2. The summed E-state index contributed by atoms with van der Waals surface area (Å²) in [5, 5.41) is 0. The fraction of sp³-hybridized carbons (Fsp3) is 0.471. The number of piperazine rings is 1. The quantitative estimate of drug-likeness (QED) is 0.874. The first-order valence-electron chi connectivity index (χ1n) is 7.88. The van der Waals surface area contributed by atoms with Crippen LogP contribution in [-0.4, -0.2) is 57.8 Å². The second-order valence-corrected chi connectivity index (χ2v) is 6.97. The van der Waals surface area contributed by atoms with E-state index in [9.17, 15) is 9.59 Å². The monoisotopic (exact) mass is 314 g/mol. The van der Waals surface area contributed by atoms with Crippen LogP contribution in [0.15, 0.2) is 24.5 Å². The summed E-state index contributed by atoms with van der Waals surface area (Å²) < 4.78 is 0. The molecule has 122 valence electrons. The Kier molecular flexibility index (Phi) is 3.83. The van der Waals surface area contributed by atoms with Gasteiger partial charge in [-0.1, -0.05) is 20.8 Å². The van der Waals surface area contributed by atoms with Crippen LogP contribution in [0.3, 0.4) is 0 Å². The molecule has 0 saturated carbocycles. The molecule has 6 nitrogen and oxygen atoms in total. The minimum Gasteiger partial charge on any atom is -0.345 e. The van der Waals surface area contributed by atoms with Crippen molar-refractivity contribution in [2.45, 2.75) is 20.8 Å². The third kappa shape index (κ3) is 3.06. The Morgan fingerprint density at radius 2 is 1.74 bits per heavy atom. The van der Waals surface area contributed by atoms with Crippen LogP contribution < -0.4 is 0 Å². The summed E-state index contributed by atoms with van der Waals surface area (Å²) in [6.45, 7) is 8.09. The van der Waals surface area contributed by atoms with Gasteiger partial charge in [0.25, 0.3) is 5.91 Å². The third-order valence-corrected chi connectivity index (χ3v) is 4.16. The molecule has 2 aromatic rings. The Balaban J connectivity index is 1.67. The third-order valence-electron chi connectivity index (χ3n) is 4.16. The largest absolute Gasteiger partial charge is 0.345 e. The Bertz CT molecular complexity index is 736. The fourth-order valence-corrected chi connectivity index (χ4v) is 2.84. The number of fused-ring (bicyclic) bond motifs is 1. The van der Waals surface area contributed by atoms with Crippen molar-refractivity contribution in [1.29, 1.82) is 0 Å². The molecule has 1 aromatic heterocycles. The summed E-state index contributed by atoms with van der Waals surface area (Å²) in [4.78, 5) is 35.8. The molecule has 0 aliphatic carbocycles. The van der Waals surface area contributed by atoms with Crippen molar-refractivity contribution in [1.82, 2.24) is 19.8 Å². The number of hydrogen-bond acceptors (Lipinski definition) is 3. The summed E-state index contributed by atoms with van der Waals surface area (Å²) in [7, 11) is 0. The molecular weight excluding hydrogens is 292 g/mol. The number of rotatable bonds is 1. The number of nitrogens with one attached hydrogen (secondary N) is 1. The van der Waals surface area contributed by atoms with Crippen molar-refractivity contribution in [3.8, 4) is 0 Å². The minimum atomic E-state index is -0.377. The zero-order valence-corrected chi connectivity index (χ0v) is 13.8. The molecule has 0 bridgehead atoms. The van der Waals surface area contributed by atoms with Gasteiger partial charge < -0.3 is 14.8 Å². The van der Waals surface area contributed by atoms with Gasteiger partial charge in [-0.25, -0.2) is 4.98 Å². The molecule has 2 heterocycles. The highest BCUT2D eigenvalue weighted by atomic mass is 16.2. The summed E-state index contributed by atoms with van der Waals surface area (Å²) >= 11 is 0. The molecule has 6 heteroatoms. The molecule has 1 fully saturated rings. The maximum absolute atomic E-state index is 12.6. The average molecular weight is 314 g/mol. The van der Waals surface area contributed by atoms with Gasteiger partial charge in [0.1, 0.15) is 0 Å². The van der Waals surface area contributed by atoms with Gasteiger partial charge in [0, 0.05) is 37.2 Å². The molecule has 0 atom stereocenters. The summed E-state index contributed by atoms with van der Waals surface area (Å²) in [5.41, 5.74) is 1.98. The summed E-state index contributed by atoms with van der Waals surface area (Å²) in [5.74, 6) is 0.146. The minimum absolute atomic E-state index is 0.00403. The number of aromatic nitrogens is 2. The maximum atomic E-state index is 12.6. The van der Waals surface area contributed by atoms with E-state index in [2.05, 4.69) is 9.97 Å². The van der Waals surface area contributed by atoms with Crippen molar-refractivity contribution in [3.05, 3.63) is 30.1 Å². The molecule has 1 aromatic carbocycles. The van der Waals surface area contributed by atoms with E-state index in [1.165, 1.54) is 0 Å². The summed E-state index contributed by atoms with van der Waals surface area (Å²) in [6, 6.07) is 5.48. The Morgan fingerprint density at radius 3 is 2.39 bits per heavy atom. The van der Waals surface area contributed by atoms with Crippen molar-refractivity contribution in [3.63, 3.8) is 0 Å². The van der Waals surface area contributed by atoms with E-state index in [4.69, 9.17) is 0 Å². The van der Waals surface area contributed by atoms with Crippen molar-refractivity contribution in [2.24, 2.45) is 5.41 Å². The molecule has 23 heavy (non-hydrogen) atoms. The first kappa shape index (κ1) is 15.5. The first-order chi connectivity index (χ1) is 10.9. The molecule has 1 saturated heterocycles. The zero-order valence-electron chi connectivity index (χ0n) is 13.8. The van der Waals surface area contributed by atoms with Crippen molar-refractivity contribution in [2.75, 3.05) is 26.2 Å². The van der Waals surface area contributed by atoms with Gasteiger partial charge in [0.15, 0.2) is 0 Å². The molecule has 1 aliphatic heterocycles. The van der Waals surface area contributed by atoms with Crippen LogP contribution in [0.25, 0.3) is 11.0 Å². The summed E-state index contributed by atoms with van der Waals surface area (Å²) in [6.07, 6.45) is 1.62. The van der Waals surface area contributed by atoms with Gasteiger partial charge in [-0.05, 0) is 18.2 Å². The Hall–Kier alpha value is -2.37. The van der Waals surface area contributed by atoms with Crippen LogP contribution >= 0.6 is 0 Å². The van der Waals surface area contributed by atoms with E-state index in [1.807, 2.05) is 42.7 Å². The molecule has 0 radical (unpaired) electrons. The molecule has 2 amide bonds. The lowest BCUT2D eigenvalue weighted by Crippen LogP contribution is -2.53. The van der Waals surface area contributed by atoms with E-state index in [1.54, 1.807) is 12.4 Å². The predicted octanol–water partition coefficient (Wildman–Crippen LogP) is 1.89. The lowest BCUT2D eigenvalue weighted by Gasteiger charge is -2.37. The fourth-order valence-electron chi connectivity index (χ4n) is 2.84. The molecule has 1 N–H and O–H groups in total. The van der Waals surface area contributed by atoms with Crippen LogP contribution in [0.5, 0.6) is 0 Å². The van der Waals surface area contributed by atoms with Crippen LogP contribution in [0.1, 0.15) is 31.1 Å². The van der Waals surface area contributed by atoms with E-state index >= 15 is 0 Å². The van der Waals surface area contributed by atoms with Crippen molar-refractivity contribution >= 4 is 22.8 Å². The van der Waals surface area contributed by atoms with Crippen LogP contribution in [0, 0.1) is 5.41 Å². The number of carbonyl (C=O) groups is 2. The van der Waals surface area contributed by atoms with Gasteiger partial charge in [-0.2, -0.15) is 0 Å². The second-order valence-electron chi connectivity index (χ2n) is 6.97. The van der Waals surface area contributed by atoms with E-state index in [0.29, 0.717) is 31.7 Å².